The fourth-order valence-electron chi connectivity index (χ4n) is 2.14. The molecule has 0 radical (unpaired) electrons. The van der Waals surface area contributed by atoms with Gasteiger partial charge in [0.25, 0.3) is 0 Å². The van der Waals surface area contributed by atoms with Gasteiger partial charge in [-0.1, -0.05) is 6.92 Å². The second-order valence-corrected chi connectivity index (χ2v) is 4.47. The summed E-state index contributed by atoms with van der Waals surface area (Å²) in [6, 6.07) is 0. The van der Waals surface area contributed by atoms with Gasteiger partial charge >= 0.3 is 0 Å². The molecule has 0 saturated carbocycles. The van der Waals surface area contributed by atoms with E-state index in [1.165, 1.54) is 0 Å². The van der Waals surface area contributed by atoms with Crippen LogP contribution in [0.1, 0.15) is 27.2 Å². The van der Waals surface area contributed by atoms with Crippen molar-refractivity contribution in [2.75, 3.05) is 13.1 Å². The summed E-state index contributed by atoms with van der Waals surface area (Å²) < 4.78 is 0. The molecule has 1 aliphatic heterocycles. The van der Waals surface area contributed by atoms with Gasteiger partial charge in [-0.05, 0) is 26.2 Å². The van der Waals surface area contributed by atoms with Crippen LogP contribution in [-0.2, 0) is 4.79 Å². The lowest BCUT2D eigenvalue weighted by molar-refractivity contribution is -0.119. The molecule has 0 aliphatic carbocycles. The van der Waals surface area contributed by atoms with Crippen LogP contribution in [0.2, 0.25) is 0 Å². The van der Waals surface area contributed by atoms with E-state index in [0.29, 0.717) is 12.5 Å². The molecule has 0 spiro atoms. The Hall–Kier alpha value is -0.570. The number of nitrogens with two attached hydrogens (primary N) is 1. The molecule has 1 saturated heterocycles. The molecule has 70 valence electrons. The zero-order valence-corrected chi connectivity index (χ0v) is 8.13. The van der Waals surface area contributed by atoms with Gasteiger partial charge in [0.1, 0.15) is 0 Å². The average Bonchev–Trinajstić information content (AvgIpc) is 2.04. The lowest BCUT2D eigenvalue weighted by atomic mass is 9.98. The quantitative estimate of drug-likeness (QED) is 0.659. The smallest absolute Gasteiger partial charge is 0.231 e. The van der Waals surface area contributed by atoms with Crippen LogP contribution >= 0.6 is 0 Å². The monoisotopic (exact) mass is 170 g/mol. The average molecular weight is 170 g/mol. The van der Waals surface area contributed by atoms with Gasteiger partial charge < -0.3 is 5.73 Å². The van der Waals surface area contributed by atoms with Crippen molar-refractivity contribution in [2.24, 2.45) is 11.7 Å². The first-order valence-electron chi connectivity index (χ1n) is 4.45. The van der Waals surface area contributed by atoms with E-state index in [-0.39, 0.29) is 11.4 Å². The predicted octanol–water partition coefficient (Wildman–Crippen LogP) is 0.592. The highest BCUT2D eigenvalue weighted by molar-refractivity contribution is 5.76. The summed E-state index contributed by atoms with van der Waals surface area (Å²) >= 11 is 0. The maximum Gasteiger partial charge on any atom is 0.231 e. The van der Waals surface area contributed by atoms with Crippen molar-refractivity contribution in [3.8, 4) is 0 Å². The Labute approximate surface area is 73.9 Å². The van der Waals surface area contributed by atoms with Gasteiger partial charge in [0.05, 0.1) is 6.54 Å². The van der Waals surface area contributed by atoms with Crippen LogP contribution in [0.15, 0.2) is 0 Å². The maximum absolute atomic E-state index is 10.7. The molecule has 0 aromatic carbocycles. The number of amides is 1. The van der Waals surface area contributed by atoms with Gasteiger partial charge in [0, 0.05) is 12.1 Å². The molecule has 1 rings (SSSR count). The number of carbonyl (C=O) groups excluding carboxylic acids is 1. The first-order valence-corrected chi connectivity index (χ1v) is 4.45. The third-order valence-electron chi connectivity index (χ3n) is 2.58. The number of primary amides is 1. The minimum absolute atomic E-state index is 0.147. The van der Waals surface area contributed by atoms with Crippen LogP contribution in [0.3, 0.4) is 0 Å². The van der Waals surface area contributed by atoms with Crippen molar-refractivity contribution in [3.05, 3.63) is 0 Å². The van der Waals surface area contributed by atoms with E-state index in [2.05, 4.69) is 25.7 Å². The number of likely N-dealkylation sites (tertiary alicyclic amines) is 1. The van der Waals surface area contributed by atoms with Crippen LogP contribution in [0, 0.1) is 5.92 Å². The third kappa shape index (κ3) is 1.97. The minimum atomic E-state index is -0.225. The Morgan fingerprint density at radius 2 is 2.25 bits per heavy atom. The molecule has 12 heavy (non-hydrogen) atoms. The van der Waals surface area contributed by atoms with Crippen molar-refractivity contribution in [3.63, 3.8) is 0 Å². The summed E-state index contributed by atoms with van der Waals surface area (Å²) in [5, 5.41) is 0. The summed E-state index contributed by atoms with van der Waals surface area (Å²) in [6.07, 6.45) is 1.15. The molecule has 1 atom stereocenters. The summed E-state index contributed by atoms with van der Waals surface area (Å²) in [6.45, 7) is 7.94. The molecular weight excluding hydrogens is 152 g/mol. The zero-order valence-electron chi connectivity index (χ0n) is 8.13. The standard InChI is InChI=1S/C9H18N2O/c1-7-4-9(2,3)11(5-7)6-8(10)12/h7H,4-6H2,1-3H3,(H2,10,12). The first kappa shape index (κ1) is 9.52. The highest BCUT2D eigenvalue weighted by Gasteiger charge is 2.36. The lowest BCUT2D eigenvalue weighted by Crippen LogP contribution is -2.43. The summed E-state index contributed by atoms with van der Waals surface area (Å²) in [5.41, 5.74) is 5.31. The first-order chi connectivity index (χ1) is 5.42. The van der Waals surface area contributed by atoms with E-state index in [1.807, 2.05) is 0 Å². The van der Waals surface area contributed by atoms with Gasteiger partial charge in [-0.3, -0.25) is 9.69 Å². The van der Waals surface area contributed by atoms with Crippen molar-refractivity contribution < 1.29 is 4.79 Å². The lowest BCUT2D eigenvalue weighted by Gasteiger charge is -2.30. The molecule has 1 fully saturated rings. The normalized spacial score (nSPS) is 29.1. The Bertz CT molecular complexity index is 189. The van der Waals surface area contributed by atoms with E-state index < -0.39 is 0 Å². The van der Waals surface area contributed by atoms with Crippen molar-refractivity contribution in [1.29, 1.82) is 0 Å². The number of nitrogens with zero attached hydrogens (tertiary/aromatic N) is 1. The predicted molar refractivity (Wildman–Crippen MR) is 48.6 cm³/mol. The second-order valence-electron chi connectivity index (χ2n) is 4.47. The zero-order chi connectivity index (χ0) is 9.35. The SMILES string of the molecule is CC1CN(CC(N)=O)C(C)(C)C1. The van der Waals surface area contributed by atoms with Crippen molar-refractivity contribution in [1.82, 2.24) is 4.90 Å². The largest absolute Gasteiger partial charge is 0.369 e. The topological polar surface area (TPSA) is 46.3 Å². The minimum Gasteiger partial charge on any atom is -0.369 e. The molecule has 1 unspecified atom stereocenters. The van der Waals surface area contributed by atoms with Gasteiger partial charge in [-0.25, -0.2) is 0 Å². The van der Waals surface area contributed by atoms with Crippen molar-refractivity contribution >= 4 is 5.91 Å². The third-order valence-corrected chi connectivity index (χ3v) is 2.58. The highest BCUT2D eigenvalue weighted by atomic mass is 16.1. The van der Waals surface area contributed by atoms with E-state index in [0.717, 1.165) is 13.0 Å². The molecule has 0 aromatic heterocycles. The maximum atomic E-state index is 10.7. The fraction of sp³-hybridized carbons (Fsp3) is 0.889. The van der Waals surface area contributed by atoms with Crippen LogP contribution in [-0.4, -0.2) is 29.4 Å². The van der Waals surface area contributed by atoms with Gasteiger partial charge in [-0.2, -0.15) is 0 Å². The van der Waals surface area contributed by atoms with Crippen LogP contribution in [0.4, 0.5) is 0 Å². The number of hydrogen-bond donors (Lipinski definition) is 1. The van der Waals surface area contributed by atoms with Crippen molar-refractivity contribution in [2.45, 2.75) is 32.7 Å². The fourth-order valence-corrected chi connectivity index (χ4v) is 2.14. The number of carbonyl (C=O) groups is 1. The molecule has 0 bridgehead atoms. The Kier molecular flexibility index (Phi) is 2.42. The van der Waals surface area contributed by atoms with Gasteiger partial charge in [-0.15, -0.1) is 0 Å². The molecular formula is C9H18N2O. The van der Waals surface area contributed by atoms with E-state index in [1.54, 1.807) is 0 Å². The molecule has 2 N–H and O–H groups in total. The Morgan fingerprint density at radius 3 is 2.58 bits per heavy atom. The summed E-state index contributed by atoms with van der Waals surface area (Å²) in [5.74, 6) is 0.455. The second kappa shape index (κ2) is 3.05. The molecule has 3 nitrogen and oxygen atoms in total. The van der Waals surface area contributed by atoms with Crippen LogP contribution < -0.4 is 5.73 Å². The van der Waals surface area contributed by atoms with Crippen LogP contribution in [0.5, 0.6) is 0 Å². The van der Waals surface area contributed by atoms with Crippen LogP contribution in [0.25, 0.3) is 0 Å². The number of hydrogen-bond acceptors (Lipinski definition) is 2. The number of rotatable bonds is 2. The van der Waals surface area contributed by atoms with E-state index in [4.69, 9.17) is 5.73 Å². The molecule has 3 heteroatoms. The Morgan fingerprint density at radius 1 is 1.67 bits per heavy atom. The van der Waals surface area contributed by atoms with Gasteiger partial charge in [0.2, 0.25) is 5.91 Å². The van der Waals surface area contributed by atoms with Gasteiger partial charge in [0.15, 0.2) is 0 Å². The van der Waals surface area contributed by atoms with E-state index in [9.17, 15) is 4.79 Å². The molecule has 1 aliphatic rings. The summed E-state index contributed by atoms with van der Waals surface area (Å²) in [4.78, 5) is 12.9. The Balaban J connectivity index is 2.59. The van der Waals surface area contributed by atoms with E-state index >= 15 is 0 Å². The molecule has 0 aromatic rings. The molecule has 1 heterocycles. The molecule has 1 amide bonds. The highest BCUT2D eigenvalue weighted by Crippen LogP contribution is 2.31. The summed E-state index contributed by atoms with van der Waals surface area (Å²) in [7, 11) is 0.